The van der Waals surface area contributed by atoms with Gasteiger partial charge in [0.15, 0.2) is 0 Å². The molecule has 0 atom stereocenters. The van der Waals surface area contributed by atoms with E-state index in [2.05, 4.69) is 22.6 Å². The Balaban J connectivity index is 2.77. The minimum Gasteiger partial charge on any atom is -0.465 e. The van der Waals surface area contributed by atoms with E-state index >= 15 is 0 Å². The van der Waals surface area contributed by atoms with Gasteiger partial charge in [0, 0.05) is 0 Å². The third-order valence-corrected chi connectivity index (χ3v) is 1.13. The first-order valence-electron chi connectivity index (χ1n) is 2.24. The van der Waals surface area contributed by atoms with Crippen molar-refractivity contribution in [2.24, 2.45) is 0 Å². The summed E-state index contributed by atoms with van der Waals surface area (Å²) in [5, 5.41) is 0. The molecule has 0 radical (unpaired) electrons. The first-order chi connectivity index (χ1) is 3.93. The van der Waals surface area contributed by atoms with Gasteiger partial charge in [0.1, 0.15) is 5.76 Å². The van der Waals surface area contributed by atoms with Crippen LogP contribution in [0.5, 0.6) is 0 Å². The van der Waals surface area contributed by atoms with Crippen molar-refractivity contribution in [3.05, 3.63) is 28.2 Å². The summed E-state index contributed by atoms with van der Waals surface area (Å²) in [6.45, 7) is 0. The molecule has 0 saturated heterocycles. The van der Waals surface area contributed by atoms with Crippen molar-refractivity contribution >= 4 is 28.7 Å². The van der Waals surface area contributed by atoms with Crippen molar-refractivity contribution in [1.29, 1.82) is 0 Å². The lowest BCUT2D eigenvalue weighted by molar-refractivity contribution is 0.557. The van der Waals surface area contributed by atoms with Gasteiger partial charge in [-0.2, -0.15) is 0 Å². The molecule has 1 aromatic rings. The van der Waals surface area contributed by atoms with Crippen LogP contribution in [0.15, 0.2) is 26.9 Å². The summed E-state index contributed by atoms with van der Waals surface area (Å²) in [6, 6.07) is 3.78. The minimum atomic E-state index is 0.902. The normalized spacial score (nSPS) is 10.6. The highest BCUT2D eigenvalue weighted by atomic mass is 127. The van der Waals surface area contributed by atoms with E-state index in [1.165, 1.54) is 0 Å². The zero-order chi connectivity index (χ0) is 5.82. The molecule has 0 amide bonds. The lowest BCUT2D eigenvalue weighted by Crippen LogP contribution is -1.52. The molecular weight excluding hydrogens is 215 g/mol. The number of furan rings is 1. The third-order valence-electron chi connectivity index (χ3n) is 0.770. The summed E-state index contributed by atoms with van der Waals surface area (Å²) in [5.74, 6) is 0.902. The first kappa shape index (κ1) is 5.88. The van der Waals surface area contributed by atoms with E-state index in [9.17, 15) is 0 Å². The molecule has 1 aromatic heterocycles. The van der Waals surface area contributed by atoms with E-state index < -0.39 is 0 Å². The van der Waals surface area contributed by atoms with Crippen LogP contribution in [0.4, 0.5) is 0 Å². The fraction of sp³-hybridized carbons (Fsp3) is 0. The second kappa shape index (κ2) is 2.91. The molecule has 1 nitrogen and oxygen atoms in total. The van der Waals surface area contributed by atoms with Gasteiger partial charge in [-0.25, -0.2) is 0 Å². The van der Waals surface area contributed by atoms with E-state index in [0.29, 0.717) is 0 Å². The Morgan fingerprint density at radius 2 is 2.50 bits per heavy atom. The summed E-state index contributed by atoms with van der Waals surface area (Å²) in [7, 11) is 0. The molecule has 0 unspecified atom stereocenters. The predicted octanol–water partition coefficient (Wildman–Crippen LogP) is 2.69. The summed E-state index contributed by atoms with van der Waals surface area (Å²) in [4.78, 5) is 0. The number of hydrogen-bond acceptors (Lipinski definition) is 1. The lowest BCUT2D eigenvalue weighted by atomic mass is 10.5. The average molecular weight is 220 g/mol. The van der Waals surface area contributed by atoms with Gasteiger partial charge in [-0.3, -0.25) is 0 Å². The van der Waals surface area contributed by atoms with Crippen molar-refractivity contribution in [3.8, 4) is 0 Å². The maximum atomic E-state index is 4.98. The highest BCUT2D eigenvalue weighted by Gasteiger charge is 1.82. The second-order valence-corrected chi connectivity index (χ2v) is 2.03. The Morgan fingerprint density at radius 1 is 1.62 bits per heavy atom. The zero-order valence-corrected chi connectivity index (χ0v) is 6.33. The molecule has 0 saturated carbocycles. The Morgan fingerprint density at radius 3 is 3.00 bits per heavy atom. The highest BCUT2D eigenvalue weighted by Crippen LogP contribution is 2.03. The van der Waals surface area contributed by atoms with Crippen LogP contribution >= 0.6 is 22.6 Å². The molecule has 0 aliphatic carbocycles. The van der Waals surface area contributed by atoms with E-state index in [0.717, 1.165) is 5.76 Å². The van der Waals surface area contributed by atoms with Gasteiger partial charge >= 0.3 is 0 Å². The van der Waals surface area contributed by atoms with Crippen molar-refractivity contribution in [3.63, 3.8) is 0 Å². The van der Waals surface area contributed by atoms with Gasteiger partial charge < -0.3 is 4.42 Å². The van der Waals surface area contributed by atoms with Crippen LogP contribution < -0.4 is 0 Å². The molecule has 0 aliphatic rings. The molecule has 0 N–H and O–H groups in total. The van der Waals surface area contributed by atoms with Gasteiger partial charge in [0.25, 0.3) is 0 Å². The number of halogens is 1. The minimum absolute atomic E-state index is 0.902. The average Bonchev–Trinajstić information content (AvgIpc) is 2.19. The van der Waals surface area contributed by atoms with E-state index in [-0.39, 0.29) is 0 Å². The van der Waals surface area contributed by atoms with Crippen molar-refractivity contribution in [2.75, 3.05) is 0 Å². The molecule has 8 heavy (non-hydrogen) atoms. The smallest absolute Gasteiger partial charge is 0.127 e. The lowest BCUT2D eigenvalue weighted by Gasteiger charge is -1.75. The monoisotopic (exact) mass is 220 g/mol. The molecule has 42 valence electrons. The van der Waals surface area contributed by atoms with E-state index in [1.807, 2.05) is 22.3 Å². The molecule has 0 fully saturated rings. The maximum absolute atomic E-state index is 4.98. The molecular formula is C6H5IO. The van der Waals surface area contributed by atoms with Gasteiger partial charge in [-0.1, -0.05) is 22.6 Å². The van der Waals surface area contributed by atoms with Gasteiger partial charge in [-0.05, 0) is 22.3 Å². The van der Waals surface area contributed by atoms with E-state index in [1.54, 1.807) is 6.26 Å². The Kier molecular flexibility index (Phi) is 2.14. The van der Waals surface area contributed by atoms with Crippen molar-refractivity contribution < 1.29 is 4.42 Å². The summed E-state index contributed by atoms with van der Waals surface area (Å²) >= 11 is 2.15. The van der Waals surface area contributed by atoms with Crippen LogP contribution in [0.25, 0.3) is 6.08 Å². The van der Waals surface area contributed by atoms with Gasteiger partial charge in [-0.15, -0.1) is 0 Å². The van der Waals surface area contributed by atoms with Crippen molar-refractivity contribution in [1.82, 2.24) is 0 Å². The fourth-order valence-corrected chi connectivity index (χ4v) is 0.803. The number of hydrogen-bond donors (Lipinski definition) is 0. The largest absolute Gasteiger partial charge is 0.465 e. The Hall–Kier alpha value is -0.250. The molecule has 2 heteroatoms. The Labute approximate surface area is 61.5 Å². The third kappa shape index (κ3) is 1.36. The molecule has 0 bridgehead atoms. The molecule has 0 aliphatic heterocycles. The second-order valence-electron chi connectivity index (χ2n) is 1.31. The SMILES string of the molecule is I/C=C\c1ccco1. The molecule has 1 rings (SSSR count). The molecule has 1 heterocycles. The zero-order valence-electron chi connectivity index (χ0n) is 4.17. The summed E-state index contributed by atoms with van der Waals surface area (Å²) in [5.41, 5.74) is 0. The highest BCUT2D eigenvalue weighted by molar-refractivity contribution is 14.1. The first-order valence-corrected chi connectivity index (χ1v) is 3.48. The summed E-state index contributed by atoms with van der Waals surface area (Å²) < 4.78 is 6.90. The van der Waals surface area contributed by atoms with Gasteiger partial charge in [0.05, 0.1) is 6.26 Å². The molecule has 0 aromatic carbocycles. The van der Waals surface area contributed by atoms with Crippen LogP contribution in [0.2, 0.25) is 0 Å². The topological polar surface area (TPSA) is 13.1 Å². The van der Waals surface area contributed by atoms with Gasteiger partial charge in [0.2, 0.25) is 0 Å². The van der Waals surface area contributed by atoms with Crippen molar-refractivity contribution in [2.45, 2.75) is 0 Å². The van der Waals surface area contributed by atoms with Crippen LogP contribution in [0.1, 0.15) is 5.76 Å². The predicted molar refractivity (Wildman–Crippen MR) is 41.8 cm³/mol. The van der Waals surface area contributed by atoms with Crippen LogP contribution in [-0.2, 0) is 0 Å². The quantitative estimate of drug-likeness (QED) is 0.663. The fourth-order valence-electron chi connectivity index (χ4n) is 0.448. The maximum Gasteiger partial charge on any atom is 0.127 e. The number of rotatable bonds is 1. The molecule has 0 spiro atoms. The van der Waals surface area contributed by atoms with Crippen LogP contribution in [0, 0.1) is 0 Å². The Bertz CT molecular complexity index is 165. The van der Waals surface area contributed by atoms with Crippen LogP contribution in [-0.4, -0.2) is 0 Å². The van der Waals surface area contributed by atoms with E-state index in [4.69, 9.17) is 4.42 Å². The summed E-state index contributed by atoms with van der Waals surface area (Å²) in [6.07, 6.45) is 3.56. The standard InChI is InChI=1S/C6H5IO/c7-4-3-6-2-1-5-8-6/h1-5H/b4-3-. The van der Waals surface area contributed by atoms with Crippen LogP contribution in [0.3, 0.4) is 0 Å².